The first-order valence-electron chi connectivity index (χ1n) is 5.91. The van der Waals surface area contributed by atoms with Crippen molar-refractivity contribution in [3.05, 3.63) is 22.2 Å². The second kappa shape index (κ2) is 4.28. The van der Waals surface area contributed by atoms with E-state index < -0.39 is 0 Å². The summed E-state index contributed by atoms with van der Waals surface area (Å²) in [6, 6.07) is 1.53. The smallest absolute Gasteiger partial charge is 0.252 e. The maximum Gasteiger partial charge on any atom is 0.252 e. The van der Waals surface area contributed by atoms with Gasteiger partial charge in [0, 0.05) is 18.5 Å². The molecule has 1 aromatic rings. The lowest BCUT2D eigenvalue weighted by atomic mass is 10.2. The van der Waals surface area contributed by atoms with Gasteiger partial charge >= 0.3 is 0 Å². The molecular formula is C12H19N3O. The van der Waals surface area contributed by atoms with Crippen molar-refractivity contribution in [2.24, 2.45) is 11.8 Å². The Hall–Kier alpha value is -1.32. The van der Waals surface area contributed by atoms with Crippen molar-refractivity contribution in [3.63, 3.8) is 0 Å². The molecule has 4 heteroatoms. The van der Waals surface area contributed by atoms with Crippen molar-refractivity contribution in [1.29, 1.82) is 0 Å². The van der Waals surface area contributed by atoms with Gasteiger partial charge in [0.2, 0.25) is 0 Å². The molecule has 1 heterocycles. The number of rotatable bonds is 4. The summed E-state index contributed by atoms with van der Waals surface area (Å²) in [5.41, 5.74) is -0.0787. The van der Waals surface area contributed by atoms with Gasteiger partial charge in [-0.25, -0.2) is 4.98 Å². The molecule has 0 saturated heterocycles. The summed E-state index contributed by atoms with van der Waals surface area (Å²) in [5.74, 6) is 3.27. The SMILES string of the molecule is CC(C)c1nc(NCC2CC2C)cc(=O)[nH]1. The molecular weight excluding hydrogens is 202 g/mol. The number of hydrogen-bond acceptors (Lipinski definition) is 3. The van der Waals surface area contributed by atoms with Gasteiger partial charge in [0.1, 0.15) is 11.6 Å². The summed E-state index contributed by atoms with van der Waals surface area (Å²) < 4.78 is 0. The molecule has 2 unspecified atom stereocenters. The number of aromatic amines is 1. The number of hydrogen-bond donors (Lipinski definition) is 2. The fourth-order valence-corrected chi connectivity index (χ4v) is 1.76. The van der Waals surface area contributed by atoms with Crippen LogP contribution in [0, 0.1) is 11.8 Å². The van der Waals surface area contributed by atoms with E-state index in [-0.39, 0.29) is 11.5 Å². The molecule has 1 saturated carbocycles. The second-order valence-electron chi connectivity index (χ2n) is 5.02. The molecule has 0 radical (unpaired) electrons. The van der Waals surface area contributed by atoms with Gasteiger partial charge in [-0.2, -0.15) is 0 Å². The van der Waals surface area contributed by atoms with E-state index in [1.54, 1.807) is 0 Å². The van der Waals surface area contributed by atoms with Crippen LogP contribution in [0.4, 0.5) is 5.82 Å². The van der Waals surface area contributed by atoms with Crippen molar-refractivity contribution in [1.82, 2.24) is 9.97 Å². The zero-order valence-corrected chi connectivity index (χ0v) is 10.1. The molecule has 1 aliphatic carbocycles. The molecule has 0 spiro atoms. The average molecular weight is 221 g/mol. The highest BCUT2D eigenvalue weighted by Gasteiger charge is 2.31. The molecule has 2 rings (SSSR count). The third kappa shape index (κ3) is 2.62. The molecule has 1 aliphatic rings. The minimum atomic E-state index is -0.0787. The summed E-state index contributed by atoms with van der Waals surface area (Å²) >= 11 is 0. The maximum atomic E-state index is 11.4. The van der Waals surface area contributed by atoms with Gasteiger partial charge in [-0.1, -0.05) is 20.8 Å². The van der Waals surface area contributed by atoms with Gasteiger partial charge in [0.25, 0.3) is 5.56 Å². The normalized spacial score (nSPS) is 23.5. The number of anilines is 1. The van der Waals surface area contributed by atoms with Crippen molar-refractivity contribution in [2.45, 2.75) is 33.1 Å². The highest BCUT2D eigenvalue weighted by Crippen LogP contribution is 2.37. The Morgan fingerprint density at radius 1 is 1.62 bits per heavy atom. The van der Waals surface area contributed by atoms with E-state index >= 15 is 0 Å². The summed E-state index contributed by atoms with van der Waals surface area (Å²) in [6.07, 6.45) is 1.28. The minimum Gasteiger partial charge on any atom is -0.370 e. The van der Waals surface area contributed by atoms with Crippen LogP contribution in [-0.4, -0.2) is 16.5 Å². The van der Waals surface area contributed by atoms with Crippen molar-refractivity contribution < 1.29 is 0 Å². The highest BCUT2D eigenvalue weighted by molar-refractivity contribution is 5.33. The first-order chi connectivity index (χ1) is 7.56. The molecule has 0 amide bonds. The van der Waals surface area contributed by atoms with Crippen LogP contribution in [0.25, 0.3) is 0 Å². The van der Waals surface area contributed by atoms with Gasteiger partial charge in [-0.3, -0.25) is 4.79 Å². The van der Waals surface area contributed by atoms with E-state index in [0.717, 1.165) is 24.2 Å². The van der Waals surface area contributed by atoms with Crippen LogP contribution < -0.4 is 10.9 Å². The van der Waals surface area contributed by atoms with Crippen LogP contribution in [0.3, 0.4) is 0 Å². The van der Waals surface area contributed by atoms with Gasteiger partial charge in [0.15, 0.2) is 0 Å². The van der Waals surface area contributed by atoms with Crippen LogP contribution in [0.1, 0.15) is 38.9 Å². The van der Waals surface area contributed by atoms with E-state index in [9.17, 15) is 4.79 Å². The molecule has 88 valence electrons. The highest BCUT2D eigenvalue weighted by atomic mass is 16.1. The van der Waals surface area contributed by atoms with Crippen LogP contribution in [0.5, 0.6) is 0 Å². The molecule has 1 fully saturated rings. The topological polar surface area (TPSA) is 57.8 Å². The fourth-order valence-electron chi connectivity index (χ4n) is 1.76. The van der Waals surface area contributed by atoms with Crippen LogP contribution in [0.2, 0.25) is 0 Å². The lowest BCUT2D eigenvalue weighted by molar-refractivity contribution is 0.755. The van der Waals surface area contributed by atoms with Gasteiger partial charge in [-0.05, 0) is 18.3 Å². The zero-order valence-electron chi connectivity index (χ0n) is 10.1. The van der Waals surface area contributed by atoms with E-state index in [0.29, 0.717) is 5.82 Å². The number of aromatic nitrogens is 2. The van der Waals surface area contributed by atoms with Crippen molar-refractivity contribution in [3.8, 4) is 0 Å². The van der Waals surface area contributed by atoms with E-state index in [4.69, 9.17) is 0 Å². The van der Waals surface area contributed by atoms with E-state index in [1.807, 2.05) is 13.8 Å². The first kappa shape index (κ1) is 11.2. The number of nitrogens with zero attached hydrogens (tertiary/aromatic N) is 1. The maximum absolute atomic E-state index is 11.4. The second-order valence-corrected chi connectivity index (χ2v) is 5.02. The largest absolute Gasteiger partial charge is 0.370 e. The Morgan fingerprint density at radius 3 is 2.88 bits per heavy atom. The summed E-state index contributed by atoms with van der Waals surface area (Å²) in [7, 11) is 0. The molecule has 16 heavy (non-hydrogen) atoms. The average Bonchev–Trinajstić information content (AvgIpc) is 2.91. The van der Waals surface area contributed by atoms with E-state index in [1.165, 1.54) is 12.5 Å². The molecule has 2 N–H and O–H groups in total. The zero-order chi connectivity index (χ0) is 11.7. The summed E-state index contributed by atoms with van der Waals surface area (Å²) in [5, 5.41) is 3.24. The van der Waals surface area contributed by atoms with Crippen LogP contribution >= 0.6 is 0 Å². The minimum absolute atomic E-state index is 0.0787. The van der Waals surface area contributed by atoms with Gasteiger partial charge < -0.3 is 10.3 Å². The summed E-state index contributed by atoms with van der Waals surface area (Å²) in [4.78, 5) is 18.5. The Labute approximate surface area is 95.5 Å². The lowest BCUT2D eigenvalue weighted by Gasteiger charge is -2.08. The molecule has 0 bridgehead atoms. The monoisotopic (exact) mass is 221 g/mol. The quantitative estimate of drug-likeness (QED) is 0.817. The molecule has 2 atom stereocenters. The Morgan fingerprint density at radius 2 is 2.31 bits per heavy atom. The predicted molar refractivity (Wildman–Crippen MR) is 64.7 cm³/mol. The third-order valence-electron chi connectivity index (χ3n) is 3.13. The molecule has 0 aromatic carbocycles. The third-order valence-corrected chi connectivity index (χ3v) is 3.13. The van der Waals surface area contributed by atoms with Gasteiger partial charge in [-0.15, -0.1) is 0 Å². The van der Waals surface area contributed by atoms with Crippen molar-refractivity contribution >= 4 is 5.82 Å². The standard InChI is InChI=1S/C12H19N3O/c1-7(2)12-14-10(5-11(16)15-12)13-6-9-4-8(9)3/h5,7-9H,4,6H2,1-3H3,(H2,13,14,15,16). The molecule has 4 nitrogen and oxygen atoms in total. The Kier molecular flexibility index (Phi) is 2.99. The van der Waals surface area contributed by atoms with Crippen LogP contribution in [0.15, 0.2) is 10.9 Å². The predicted octanol–water partition coefficient (Wildman–Crippen LogP) is 1.96. The Bertz CT molecular complexity index is 425. The van der Waals surface area contributed by atoms with E-state index in [2.05, 4.69) is 22.2 Å². The number of H-pyrrole nitrogens is 1. The van der Waals surface area contributed by atoms with Crippen molar-refractivity contribution in [2.75, 3.05) is 11.9 Å². The molecule has 0 aliphatic heterocycles. The lowest BCUT2D eigenvalue weighted by Crippen LogP contribution is -2.15. The Balaban J connectivity index is 2.05. The van der Waals surface area contributed by atoms with Gasteiger partial charge in [0.05, 0.1) is 0 Å². The number of nitrogens with one attached hydrogen (secondary N) is 2. The van der Waals surface area contributed by atoms with Crippen LogP contribution in [-0.2, 0) is 0 Å². The fraction of sp³-hybridized carbons (Fsp3) is 0.667. The molecule has 1 aromatic heterocycles. The summed E-state index contributed by atoms with van der Waals surface area (Å²) in [6.45, 7) is 7.21. The first-order valence-corrected chi connectivity index (χ1v) is 5.91.